The second kappa shape index (κ2) is 6.71. The lowest BCUT2D eigenvalue weighted by molar-refractivity contribution is -0.122. The van der Waals surface area contributed by atoms with Gasteiger partial charge in [-0.25, -0.2) is 0 Å². The standard InChI is InChI=1S/C17H12Cl2N2OS/c18-13-7-3-1-5-11(13)9-15-16(22)21(17(23)20-15)10-12-6-2-4-8-14(12)19/h1-9H,10H2,(H,20,23)/b15-9+. The van der Waals surface area contributed by atoms with Crippen molar-refractivity contribution in [3.8, 4) is 0 Å². The fourth-order valence-corrected chi connectivity index (χ4v) is 2.90. The number of hydrogen-bond donors (Lipinski definition) is 1. The van der Waals surface area contributed by atoms with Gasteiger partial charge in [0.25, 0.3) is 5.91 Å². The molecule has 0 unspecified atom stereocenters. The molecule has 3 rings (SSSR count). The Balaban J connectivity index is 1.86. The van der Waals surface area contributed by atoms with E-state index in [0.29, 0.717) is 27.4 Å². The summed E-state index contributed by atoms with van der Waals surface area (Å²) in [6.45, 7) is 0.324. The molecule has 3 nitrogen and oxygen atoms in total. The van der Waals surface area contributed by atoms with Gasteiger partial charge in [0.05, 0.1) is 6.54 Å². The second-order valence-corrected chi connectivity index (χ2v) is 6.19. The number of hydrogen-bond acceptors (Lipinski definition) is 2. The van der Waals surface area contributed by atoms with Gasteiger partial charge in [0.2, 0.25) is 0 Å². The first kappa shape index (κ1) is 16.0. The lowest BCUT2D eigenvalue weighted by Gasteiger charge is -2.14. The van der Waals surface area contributed by atoms with Crippen molar-refractivity contribution in [2.75, 3.05) is 0 Å². The number of carbonyl (C=O) groups is 1. The molecule has 0 bridgehead atoms. The molecule has 116 valence electrons. The summed E-state index contributed by atoms with van der Waals surface area (Å²) in [6, 6.07) is 14.7. The largest absolute Gasteiger partial charge is 0.328 e. The quantitative estimate of drug-likeness (QED) is 0.654. The molecule has 1 N–H and O–H groups in total. The first-order chi connectivity index (χ1) is 11.1. The van der Waals surface area contributed by atoms with Crippen LogP contribution in [0.2, 0.25) is 10.0 Å². The maximum absolute atomic E-state index is 12.6. The molecule has 2 aromatic rings. The van der Waals surface area contributed by atoms with Crippen LogP contribution in [-0.2, 0) is 11.3 Å². The van der Waals surface area contributed by atoms with Crippen molar-refractivity contribution in [1.29, 1.82) is 0 Å². The number of rotatable bonds is 3. The van der Waals surface area contributed by atoms with Gasteiger partial charge in [-0.1, -0.05) is 59.6 Å². The van der Waals surface area contributed by atoms with Crippen molar-refractivity contribution in [2.24, 2.45) is 0 Å². The lowest BCUT2D eigenvalue weighted by atomic mass is 10.2. The molecule has 1 aliphatic rings. The second-order valence-electron chi connectivity index (χ2n) is 4.99. The van der Waals surface area contributed by atoms with Crippen LogP contribution in [0, 0.1) is 0 Å². The first-order valence-electron chi connectivity index (χ1n) is 6.89. The highest BCUT2D eigenvalue weighted by Gasteiger charge is 2.31. The van der Waals surface area contributed by atoms with Gasteiger partial charge >= 0.3 is 0 Å². The van der Waals surface area contributed by atoms with Crippen molar-refractivity contribution in [1.82, 2.24) is 10.2 Å². The Labute approximate surface area is 149 Å². The number of halogens is 2. The third kappa shape index (κ3) is 3.39. The molecule has 0 radical (unpaired) electrons. The third-order valence-electron chi connectivity index (χ3n) is 3.45. The number of carbonyl (C=O) groups excluding carboxylic acids is 1. The summed E-state index contributed by atoms with van der Waals surface area (Å²) in [5, 5.41) is 4.47. The number of amides is 1. The van der Waals surface area contributed by atoms with E-state index in [1.165, 1.54) is 4.90 Å². The number of benzene rings is 2. The predicted octanol–water partition coefficient (Wildman–Crippen LogP) is 4.25. The molecule has 2 aromatic carbocycles. The number of thiocarbonyl (C=S) groups is 1. The van der Waals surface area contributed by atoms with Crippen molar-refractivity contribution in [3.05, 3.63) is 75.4 Å². The summed E-state index contributed by atoms with van der Waals surface area (Å²) in [6.07, 6.45) is 1.70. The monoisotopic (exact) mass is 362 g/mol. The zero-order chi connectivity index (χ0) is 16.4. The third-order valence-corrected chi connectivity index (χ3v) is 4.49. The molecule has 0 atom stereocenters. The van der Waals surface area contributed by atoms with E-state index in [1.54, 1.807) is 18.2 Å². The molecule has 0 aromatic heterocycles. The summed E-state index contributed by atoms with van der Waals surface area (Å²) in [5.41, 5.74) is 1.99. The van der Waals surface area contributed by atoms with Gasteiger partial charge in [-0.05, 0) is 41.6 Å². The number of nitrogens with one attached hydrogen (secondary N) is 1. The average molecular weight is 363 g/mol. The van der Waals surface area contributed by atoms with Crippen molar-refractivity contribution in [2.45, 2.75) is 6.54 Å². The molecular weight excluding hydrogens is 351 g/mol. The zero-order valence-electron chi connectivity index (χ0n) is 11.9. The van der Waals surface area contributed by atoms with Gasteiger partial charge in [0.1, 0.15) is 5.70 Å². The molecule has 1 saturated heterocycles. The highest BCUT2D eigenvalue weighted by Crippen LogP contribution is 2.23. The molecule has 0 aliphatic carbocycles. The molecule has 0 saturated carbocycles. The molecule has 1 heterocycles. The molecule has 23 heavy (non-hydrogen) atoms. The fourth-order valence-electron chi connectivity index (χ4n) is 2.26. The Kier molecular flexibility index (Phi) is 4.66. The van der Waals surface area contributed by atoms with Crippen LogP contribution in [0.5, 0.6) is 0 Å². The summed E-state index contributed by atoms with van der Waals surface area (Å²) in [5.74, 6) is -0.199. The molecule has 6 heteroatoms. The van der Waals surface area contributed by atoms with Crippen molar-refractivity contribution >= 4 is 52.5 Å². The minimum atomic E-state index is -0.199. The summed E-state index contributed by atoms with van der Waals surface area (Å²) >= 11 is 17.5. The Morgan fingerprint density at radius 1 is 1.04 bits per heavy atom. The van der Waals surface area contributed by atoms with Gasteiger partial charge in [-0.2, -0.15) is 0 Å². The summed E-state index contributed by atoms with van der Waals surface area (Å²) in [4.78, 5) is 14.1. The van der Waals surface area contributed by atoms with Crippen LogP contribution in [0.25, 0.3) is 6.08 Å². The van der Waals surface area contributed by atoms with E-state index >= 15 is 0 Å². The summed E-state index contributed by atoms with van der Waals surface area (Å²) in [7, 11) is 0. The van der Waals surface area contributed by atoms with Crippen LogP contribution in [0.1, 0.15) is 11.1 Å². The SMILES string of the molecule is O=C1/C(=C\c2ccccc2Cl)NC(=S)N1Cc1ccccc1Cl. The normalized spacial score (nSPS) is 16.1. The van der Waals surface area contributed by atoms with Gasteiger partial charge in [0.15, 0.2) is 5.11 Å². The van der Waals surface area contributed by atoms with Crippen LogP contribution in [-0.4, -0.2) is 15.9 Å². The topological polar surface area (TPSA) is 32.3 Å². The molecule has 1 amide bonds. The van der Waals surface area contributed by atoms with Crippen LogP contribution in [0.3, 0.4) is 0 Å². The average Bonchev–Trinajstić information content (AvgIpc) is 2.79. The Morgan fingerprint density at radius 2 is 1.70 bits per heavy atom. The lowest BCUT2D eigenvalue weighted by Crippen LogP contribution is -2.30. The summed E-state index contributed by atoms with van der Waals surface area (Å²) < 4.78 is 0. The van der Waals surface area contributed by atoms with Gasteiger partial charge in [0, 0.05) is 10.0 Å². The maximum Gasteiger partial charge on any atom is 0.276 e. The van der Waals surface area contributed by atoms with Crippen LogP contribution in [0.4, 0.5) is 0 Å². The highest BCUT2D eigenvalue weighted by atomic mass is 35.5. The zero-order valence-corrected chi connectivity index (χ0v) is 14.3. The van der Waals surface area contributed by atoms with E-state index in [4.69, 9.17) is 35.4 Å². The number of nitrogens with zero attached hydrogens (tertiary/aromatic N) is 1. The molecule has 1 fully saturated rings. The first-order valence-corrected chi connectivity index (χ1v) is 8.05. The van der Waals surface area contributed by atoms with E-state index in [9.17, 15) is 4.79 Å². The van der Waals surface area contributed by atoms with Gasteiger partial charge in [-0.15, -0.1) is 0 Å². The van der Waals surface area contributed by atoms with Crippen LogP contribution in [0.15, 0.2) is 54.2 Å². The Bertz CT molecular complexity index is 820. The van der Waals surface area contributed by atoms with Crippen molar-refractivity contribution < 1.29 is 4.79 Å². The maximum atomic E-state index is 12.6. The smallest absolute Gasteiger partial charge is 0.276 e. The molecular formula is C17H12Cl2N2OS. The predicted molar refractivity (Wildman–Crippen MR) is 97.2 cm³/mol. The molecule has 0 spiro atoms. The highest BCUT2D eigenvalue weighted by molar-refractivity contribution is 7.80. The van der Waals surface area contributed by atoms with E-state index in [-0.39, 0.29) is 5.91 Å². The Morgan fingerprint density at radius 3 is 2.39 bits per heavy atom. The fraction of sp³-hybridized carbons (Fsp3) is 0.0588. The van der Waals surface area contributed by atoms with Crippen molar-refractivity contribution in [3.63, 3.8) is 0 Å². The van der Waals surface area contributed by atoms with Gasteiger partial charge in [-0.3, -0.25) is 9.69 Å². The van der Waals surface area contributed by atoms with E-state index < -0.39 is 0 Å². The minimum Gasteiger partial charge on any atom is -0.328 e. The van der Waals surface area contributed by atoms with E-state index in [2.05, 4.69) is 5.32 Å². The minimum absolute atomic E-state index is 0.199. The van der Waals surface area contributed by atoms with Crippen LogP contribution < -0.4 is 5.32 Å². The van der Waals surface area contributed by atoms with E-state index in [1.807, 2.05) is 36.4 Å². The van der Waals surface area contributed by atoms with Gasteiger partial charge < -0.3 is 5.32 Å². The molecule has 1 aliphatic heterocycles. The van der Waals surface area contributed by atoms with Crippen LogP contribution >= 0.6 is 35.4 Å². The Hall–Kier alpha value is -1.88. The van der Waals surface area contributed by atoms with E-state index in [0.717, 1.165) is 11.1 Å².